The molecule has 3 aliphatic heterocycles. The van der Waals surface area contributed by atoms with Crippen molar-refractivity contribution >= 4 is 40.8 Å². The molecule has 0 aliphatic carbocycles. The summed E-state index contributed by atoms with van der Waals surface area (Å²) in [6, 6.07) is 6.78. The van der Waals surface area contributed by atoms with E-state index in [1.807, 2.05) is 29.2 Å². The highest BCUT2D eigenvalue weighted by molar-refractivity contribution is 7.99. The molecule has 0 radical (unpaired) electrons. The van der Waals surface area contributed by atoms with E-state index in [-0.39, 0.29) is 5.91 Å². The van der Waals surface area contributed by atoms with E-state index in [4.69, 9.17) is 9.41 Å². The van der Waals surface area contributed by atoms with Crippen LogP contribution in [0, 0.1) is 0 Å². The minimum atomic E-state index is -0.506. The molecule has 2 atom stereocenters. The Morgan fingerprint density at radius 1 is 1.20 bits per heavy atom. The molecule has 2 unspecified atom stereocenters. The van der Waals surface area contributed by atoms with Gasteiger partial charge in [0.1, 0.15) is 5.52 Å². The number of rotatable bonds is 4. The van der Waals surface area contributed by atoms with Crippen LogP contribution in [0.4, 0.5) is 4.79 Å². The molecule has 2 fully saturated rings. The number of nitrogens with zero attached hydrogens (tertiary/aromatic N) is 5. The first kappa shape index (κ1) is 19.2. The number of hydrogen-bond acceptors (Lipinski definition) is 8. The molecule has 5 rings (SSSR count). The van der Waals surface area contributed by atoms with Gasteiger partial charge in [0.25, 0.3) is 11.1 Å². The zero-order valence-corrected chi connectivity index (χ0v) is 17.6. The lowest BCUT2D eigenvalue weighted by atomic mass is 10.1. The summed E-state index contributed by atoms with van der Waals surface area (Å²) in [6.45, 7) is 2.45. The van der Waals surface area contributed by atoms with Crippen molar-refractivity contribution in [2.75, 3.05) is 32.4 Å². The number of imide groups is 1. The van der Waals surface area contributed by atoms with E-state index in [1.54, 1.807) is 7.05 Å². The van der Waals surface area contributed by atoms with Gasteiger partial charge in [-0.3, -0.25) is 10.1 Å². The number of oxazole rings is 1. The van der Waals surface area contributed by atoms with Gasteiger partial charge in [0.2, 0.25) is 0 Å². The van der Waals surface area contributed by atoms with E-state index in [0.29, 0.717) is 17.5 Å². The summed E-state index contributed by atoms with van der Waals surface area (Å²) in [4.78, 5) is 39.9. The fourth-order valence-electron chi connectivity index (χ4n) is 4.25. The Labute approximate surface area is 178 Å². The predicted molar refractivity (Wildman–Crippen MR) is 113 cm³/mol. The van der Waals surface area contributed by atoms with E-state index in [0.717, 1.165) is 43.0 Å². The van der Waals surface area contributed by atoms with Crippen molar-refractivity contribution in [3.05, 3.63) is 24.3 Å². The summed E-state index contributed by atoms with van der Waals surface area (Å²) in [5.41, 5.74) is 1.60. The summed E-state index contributed by atoms with van der Waals surface area (Å²) in [5, 5.41) is 3.07. The van der Waals surface area contributed by atoms with Crippen molar-refractivity contribution in [3.8, 4) is 0 Å². The van der Waals surface area contributed by atoms with Crippen LogP contribution in [-0.2, 0) is 4.79 Å². The molecule has 1 aromatic carbocycles. The number of urea groups is 1. The van der Waals surface area contributed by atoms with Crippen LogP contribution in [0.25, 0.3) is 11.1 Å². The number of likely N-dealkylation sites (tertiary alicyclic amines) is 1. The SMILES string of the molecule is CN1C(=O)NC(=O)C2C1N=C(N1CCCCC1)N2CCSc1nc2ccccc2o1. The Balaban J connectivity index is 1.34. The lowest BCUT2D eigenvalue weighted by Crippen LogP contribution is -2.64. The highest BCUT2D eigenvalue weighted by atomic mass is 32.2. The molecule has 1 N–H and O–H groups in total. The average Bonchev–Trinajstić information content (AvgIpc) is 3.34. The standard InChI is InChI=1S/C20H24N6O3S/c1-24-16-15(17(27)23-19(24)28)26(18(22-16)25-9-5-2-6-10-25)11-12-30-20-21-13-7-3-4-8-14(13)29-20/h3-4,7-8,15-16H,2,5-6,9-12H2,1H3,(H,23,27,28). The molecule has 0 spiro atoms. The Bertz CT molecular complexity index is 968. The molecule has 10 heteroatoms. The van der Waals surface area contributed by atoms with Gasteiger partial charge in [-0.25, -0.2) is 14.8 Å². The first-order valence-electron chi connectivity index (χ1n) is 10.3. The van der Waals surface area contributed by atoms with E-state index in [2.05, 4.69) is 15.2 Å². The Kier molecular flexibility index (Phi) is 5.01. The number of hydrogen-bond donors (Lipinski definition) is 1. The van der Waals surface area contributed by atoms with Gasteiger partial charge < -0.3 is 19.1 Å². The third-order valence-electron chi connectivity index (χ3n) is 5.81. The number of carbonyl (C=O) groups excluding carboxylic acids is 2. The van der Waals surface area contributed by atoms with Crippen molar-refractivity contribution in [1.29, 1.82) is 0 Å². The zero-order chi connectivity index (χ0) is 20.7. The minimum Gasteiger partial charge on any atom is -0.431 e. The van der Waals surface area contributed by atoms with E-state index in [1.165, 1.54) is 23.1 Å². The number of likely N-dealkylation sites (N-methyl/N-ethyl adjacent to an activating group) is 1. The van der Waals surface area contributed by atoms with E-state index in [9.17, 15) is 9.59 Å². The van der Waals surface area contributed by atoms with Gasteiger partial charge in [-0.05, 0) is 31.4 Å². The lowest BCUT2D eigenvalue weighted by molar-refractivity contribution is -0.127. The zero-order valence-electron chi connectivity index (χ0n) is 16.8. The number of fused-ring (bicyclic) bond motifs is 2. The van der Waals surface area contributed by atoms with Gasteiger partial charge in [0.05, 0.1) is 0 Å². The molecule has 4 heterocycles. The second kappa shape index (κ2) is 7.82. The summed E-state index contributed by atoms with van der Waals surface area (Å²) in [6.07, 6.45) is 2.95. The number of aliphatic imine (C=N–C) groups is 1. The molecule has 9 nitrogen and oxygen atoms in total. The highest BCUT2D eigenvalue weighted by Crippen LogP contribution is 2.28. The van der Waals surface area contributed by atoms with Crippen LogP contribution in [0.15, 0.2) is 38.9 Å². The Hall–Kier alpha value is -2.75. The van der Waals surface area contributed by atoms with Crippen molar-refractivity contribution in [2.45, 2.75) is 36.7 Å². The second-order valence-electron chi connectivity index (χ2n) is 7.73. The second-order valence-corrected chi connectivity index (χ2v) is 8.78. The minimum absolute atomic E-state index is 0.286. The number of thioether (sulfide) groups is 1. The maximum Gasteiger partial charge on any atom is 0.325 e. The molecule has 2 saturated heterocycles. The van der Waals surface area contributed by atoms with Gasteiger partial charge in [0, 0.05) is 32.4 Å². The molecule has 158 valence electrons. The summed E-state index contributed by atoms with van der Waals surface area (Å²) in [5.74, 6) is 1.22. The van der Waals surface area contributed by atoms with Crippen LogP contribution in [0.2, 0.25) is 0 Å². The molecule has 2 aromatic rings. The maximum absolute atomic E-state index is 12.7. The molecule has 0 saturated carbocycles. The van der Waals surface area contributed by atoms with Gasteiger partial charge >= 0.3 is 6.03 Å². The lowest BCUT2D eigenvalue weighted by Gasteiger charge is -2.38. The number of amides is 3. The van der Waals surface area contributed by atoms with Crippen molar-refractivity contribution in [3.63, 3.8) is 0 Å². The average molecular weight is 429 g/mol. The van der Waals surface area contributed by atoms with Crippen molar-refractivity contribution in [2.24, 2.45) is 4.99 Å². The molecule has 3 aliphatic rings. The highest BCUT2D eigenvalue weighted by Gasteiger charge is 2.49. The third-order valence-corrected chi connectivity index (χ3v) is 6.62. The van der Waals surface area contributed by atoms with Gasteiger partial charge in [-0.2, -0.15) is 0 Å². The van der Waals surface area contributed by atoms with Crippen molar-refractivity contribution < 1.29 is 14.0 Å². The number of carbonyl (C=O) groups is 2. The largest absolute Gasteiger partial charge is 0.431 e. The molecule has 30 heavy (non-hydrogen) atoms. The van der Waals surface area contributed by atoms with Crippen LogP contribution >= 0.6 is 11.8 Å². The number of nitrogens with one attached hydrogen (secondary N) is 1. The fourth-order valence-corrected chi connectivity index (χ4v) is 5.03. The number of benzene rings is 1. The maximum atomic E-state index is 12.7. The van der Waals surface area contributed by atoms with Crippen LogP contribution in [-0.4, -0.2) is 82.2 Å². The van der Waals surface area contributed by atoms with E-state index < -0.39 is 18.2 Å². The van der Waals surface area contributed by atoms with Gasteiger partial charge in [0.15, 0.2) is 23.8 Å². The number of para-hydroxylation sites is 2. The fraction of sp³-hybridized carbons (Fsp3) is 0.500. The monoisotopic (exact) mass is 428 g/mol. The van der Waals surface area contributed by atoms with Crippen LogP contribution in [0.3, 0.4) is 0 Å². The third kappa shape index (κ3) is 3.38. The molecule has 0 bridgehead atoms. The smallest absolute Gasteiger partial charge is 0.325 e. The summed E-state index contributed by atoms with van der Waals surface area (Å²) in [7, 11) is 1.69. The summed E-state index contributed by atoms with van der Waals surface area (Å²) < 4.78 is 5.80. The van der Waals surface area contributed by atoms with Crippen LogP contribution in [0.5, 0.6) is 0 Å². The summed E-state index contributed by atoms with van der Waals surface area (Å²) >= 11 is 1.52. The molecular weight excluding hydrogens is 404 g/mol. The van der Waals surface area contributed by atoms with Gasteiger partial charge in [-0.1, -0.05) is 23.9 Å². The first-order valence-corrected chi connectivity index (χ1v) is 11.3. The van der Waals surface area contributed by atoms with Gasteiger partial charge in [-0.15, -0.1) is 0 Å². The number of aromatic nitrogens is 1. The molecular formula is C20H24N6O3S. The topological polar surface area (TPSA) is 94.3 Å². The molecule has 3 amide bonds. The van der Waals surface area contributed by atoms with Crippen LogP contribution in [0.1, 0.15) is 19.3 Å². The quantitative estimate of drug-likeness (QED) is 0.744. The van der Waals surface area contributed by atoms with Crippen LogP contribution < -0.4 is 5.32 Å². The Morgan fingerprint density at radius 3 is 2.80 bits per heavy atom. The van der Waals surface area contributed by atoms with E-state index >= 15 is 0 Å². The number of piperidine rings is 1. The first-order chi connectivity index (χ1) is 14.6. The molecule has 1 aromatic heterocycles. The Morgan fingerprint density at radius 2 is 2.00 bits per heavy atom. The normalized spacial score (nSPS) is 24.3. The predicted octanol–water partition coefficient (Wildman–Crippen LogP) is 1.95. The van der Waals surface area contributed by atoms with Crippen molar-refractivity contribution in [1.82, 2.24) is 25.0 Å². The number of guanidine groups is 1.